The van der Waals surface area contributed by atoms with E-state index in [0.29, 0.717) is 6.10 Å². The molecule has 122 valence electrons. The van der Waals surface area contributed by atoms with Crippen LogP contribution >= 0.6 is 0 Å². The molecule has 0 aromatic heterocycles. The van der Waals surface area contributed by atoms with Gasteiger partial charge in [0.15, 0.2) is 0 Å². The Morgan fingerprint density at radius 3 is 2.68 bits per heavy atom. The Bertz CT molecular complexity index is 436. The Hall–Kier alpha value is -1.28. The van der Waals surface area contributed by atoms with Gasteiger partial charge in [-0.15, -0.1) is 0 Å². The van der Waals surface area contributed by atoms with Crippen LogP contribution in [0.25, 0.3) is 6.08 Å². The highest BCUT2D eigenvalue weighted by Crippen LogP contribution is 2.32. The number of hydrogen-bond donors (Lipinski definition) is 0. The van der Waals surface area contributed by atoms with E-state index in [9.17, 15) is 0 Å². The predicted molar refractivity (Wildman–Crippen MR) is 93.3 cm³/mol. The summed E-state index contributed by atoms with van der Waals surface area (Å²) in [5.41, 5.74) is 1.19. The smallest absolute Gasteiger partial charge is 0.118 e. The SMILES string of the molecule is CCCCCC1CCCC1OC/C=C/c1ccc(OC)cc1. The van der Waals surface area contributed by atoms with Gasteiger partial charge in [-0.05, 0) is 42.9 Å². The van der Waals surface area contributed by atoms with Gasteiger partial charge in [-0.2, -0.15) is 0 Å². The van der Waals surface area contributed by atoms with E-state index < -0.39 is 0 Å². The summed E-state index contributed by atoms with van der Waals surface area (Å²) in [7, 11) is 1.69. The molecule has 0 aliphatic heterocycles. The maximum absolute atomic E-state index is 6.10. The van der Waals surface area contributed by atoms with Gasteiger partial charge in [0.05, 0.1) is 19.8 Å². The molecule has 0 N–H and O–H groups in total. The van der Waals surface area contributed by atoms with Crippen LogP contribution in [-0.2, 0) is 4.74 Å². The van der Waals surface area contributed by atoms with Crippen LogP contribution in [0.5, 0.6) is 5.75 Å². The quantitative estimate of drug-likeness (QED) is 0.563. The van der Waals surface area contributed by atoms with Gasteiger partial charge >= 0.3 is 0 Å². The predicted octanol–water partition coefficient (Wildman–Crippen LogP) is 5.47. The van der Waals surface area contributed by atoms with E-state index in [4.69, 9.17) is 9.47 Å². The molecule has 1 saturated carbocycles. The van der Waals surface area contributed by atoms with Crippen molar-refractivity contribution in [1.82, 2.24) is 0 Å². The monoisotopic (exact) mass is 302 g/mol. The largest absolute Gasteiger partial charge is 0.497 e. The molecule has 22 heavy (non-hydrogen) atoms. The molecule has 2 atom stereocenters. The van der Waals surface area contributed by atoms with Crippen molar-refractivity contribution in [3.63, 3.8) is 0 Å². The number of rotatable bonds is 9. The van der Waals surface area contributed by atoms with E-state index in [1.807, 2.05) is 12.1 Å². The van der Waals surface area contributed by atoms with Gasteiger partial charge in [0.25, 0.3) is 0 Å². The Kier molecular flexibility index (Phi) is 7.51. The van der Waals surface area contributed by atoms with E-state index >= 15 is 0 Å². The molecule has 2 unspecified atom stereocenters. The van der Waals surface area contributed by atoms with Gasteiger partial charge in [-0.1, -0.05) is 56.9 Å². The number of hydrogen-bond acceptors (Lipinski definition) is 2. The molecule has 0 amide bonds. The van der Waals surface area contributed by atoms with Crippen LogP contribution in [-0.4, -0.2) is 19.8 Å². The molecule has 0 spiro atoms. The van der Waals surface area contributed by atoms with Crippen molar-refractivity contribution in [3.05, 3.63) is 35.9 Å². The molecule has 0 radical (unpaired) electrons. The van der Waals surface area contributed by atoms with Gasteiger partial charge in [0.1, 0.15) is 5.75 Å². The molecule has 1 aromatic rings. The lowest BCUT2D eigenvalue weighted by molar-refractivity contribution is 0.0430. The molecule has 0 saturated heterocycles. The highest BCUT2D eigenvalue weighted by atomic mass is 16.5. The van der Waals surface area contributed by atoms with Crippen molar-refractivity contribution >= 4 is 6.08 Å². The van der Waals surface area contributed by atoms with Crippen molar-refractivity contribution in [2.75, 3.05) is 13.7 Å². The first kappa shape index (κ1) is 17.1. The first-order valence-corrected chi connectivity index (χ1v) is 8.75. The normalized spacial score (nSPS) is 21.5. The van der Waals surface area contributed by atoms with Gasteiger partial charge in [0, 0.05) is 0 Å². The van der Waals surface area contributed by atoms with Crippen LogP contribution in [0.2, 0.25) is 0 Å². The van der Waals surface area contributed by atoms with Gasteiger partial charge < -0.3 is 9.47 Å². The van der Waals surface area contributed by atoms with E-state index in [-0.39, 0.29) is 0 Å². The minimum absolute atomic E-state index is 0.484. The van der Waals surface area contributed by atoms with Gasteiger partial charge in [0.2, 0.25) is 0 Å². The van der Waals surface area contributed by atoms with Crippen molar-refractivity contribution < 1.29 is 9.47 Å². The third kappa shape index (κ3) is 5.49. The molecule has 2 heteroatoms. The summed E-state index contributed by atoms with van der Waals surface area (Å²) >= 11 is 0. The summed E-state index contributed by atoms with van der Waals surface area (Å²) in [6.45, 7) is 2.99. The molecule has 2 rings (SSSR count). The minimum atomic E-state index is 0.484. The van der Waals surface area contributed by atoms with Crippen molar-refractivity contribution in [1.29, 1.82) is 0 Å². The summed E-state index contributed by atoms with van der Waals surface area (Å²) in [6.07, 6.45) is 14.1. The topological polar surface area (TPSA) is 18.5 Å². The Morgan fingerprint density at radius 1 is 1.14 bits per heavy atom. The fourth-order valence-electron chi connectivity index (χ4n) is 3.29. The zero-order chi connectivity index (χ0) is 15.6. The zero-order valence-electron chi connectivity index (χ0n) is 14.1. The third-order valence-corrected chi connectivity index (χ3v) is 4.60. The summed E-state index contributed by atoms with van der Waals surface area (Å²) in [6, 6.07) is 8.11. The first-order chi connectivity index (χ1) is 10.8. The fraction of sp³-hybridized carbons (Fsp3) is 0.600. The van der Waals surface area contributed by atoms with Gasteiger partial charge in [-0.25, -0.2) is 0 Å². The molecule has 0 bridgehead atoms. The maximum atomic E-state index is 6.10. The van der Waals surface area contributed by atoms with Crippen molar-refractivity contribution in [2.45, 2.75) is 58.0 Å². The van der Waals surface area contributed by atoms with Crippen LogP contribution in [0.3, 0.4) is 0 Å². The molecule has 0 heterocycles. The van der Waals surface area contributed by atoms with E-state index in [1.54, 1.807) is 7.11 Å². The summed E-state index contributed by atoms with van der Waals surface area (Å²) in [4.78, 5) is 0. The van der Waals surface area contributed by atoms with E-state index in [1.165, 1.54) is 50.5 Å². The highest BCUT2D eigenvalue weighted by molar-refractivity contribution is 5.50. The lowest BCUT2D eigenvalue weighted by Crippen LogP contribution is -2.18. The molecule has 1 fully saturated rings. The van der Waals surface area contributed by atoms with Crippen molar-refractivity contribution in [2.24, 2.45) is 5.92 Å². The summed E-state index contributed by atoms with van der Waals surface area (Å²) in [5.74, 6) is 1.69. The van der Waals surface area contributed by atoms with Crippen molar-refractivity contribution in [3.8, 4) is 5.75 Å². The van der Waals surface area contributed by atoms with Gasteiger partial charge in [-0.3, -0.25) is 0 Å². The summed E-state index contributed by atoms with van der Waals surface area (Å²) < 4.78 is 11.3. The fourth-order valence-corrected chi connectivity index (χ4v) is 3.29. The molecular weight excluding hydrogens is 272 g/mol. The molecule has 2 nitrogen and oxygen atoms in total. The molecule has 1 aromatic carbocycles. The van der Waals surface area contributed by atoms with Crippen LogP contribution in [0.15, 0.2) is 30.3 Å². The van der Waals surface area contributed by atoms with Crippen LogP contribution < -0.4 is 4.74 Å². The second-order valence-corrected chi connectivity index (χ2v) is 6.23. The Labute approximate surface area is 135 Å². The summed E-state index contributed by atoms with van der Waals surface area (Å²) in [5, 5.41) is 0. The Morgan fingerprint density at radius 2 is 1.95 bits per heavy atom. The van der Waals surface area contributed by atoms with Crippen LogP contribution in [0.1, 0.15) is 57.4 Å². The average Bonchev–Trinajstić information content (AvgIpc) is 3.00. The van der Waals surface area contributed by atoms with Crippen LogP contribution in [0.4, 0.5) is 0 Å². The number of benzene rings is 1. The molecular formula is C20H30O2. The lowest BCUT2D eigenvalue weighted by Gasteiger charge is -2.19. The molecule has 1 aliphatic carbocycles. The second kappa shape index (κ2) is 9.68. The lowest BCUT2D eigenvalue weighted by atomic mass is 9.98. The minimum Gasteiger partial charge on any atom is -0.497 e. The number of unbranched alkanes of at least 4 members (excludes halogenated alkanes) is 2. The number of methoxy groups -OCH3 is 1. The number of ether oxygens (including phenoxy) is 2. The molecule has 1 aliphatic rings. The highest BCUT2D eigenvalue weighted by Gasteiger charge is 2.26. The van der Waals surface area contributed by atoms with Crippen LogP contribution in [0, 0.1) is 5.92 Å². The maximum Gasteiger partial charge on any atom is 0.118 e. The van der Waals surface area contributed by atoms with E-state index in [2.05, 4.69) is 31.2 Å². The Balaban J connectivity index is 1.71. The third-order valence-electron chi connectivity index (χ3n) is 4.60. The van der Waals surface area contributed by atoms with E-state index in [0.717, 1.165) is 18.3 Å². The second-order valence-electron chi connectivity index (χ2n) is 6.23. The average molecular weight is 302 g/mol. The first-order valence-electron chi connectivity index (χ1n) is 8.75. The zero-order valence-corrected chi connectivity index (χ0v) is 14.1. The standard InChI is InChI=1S/C20H30O2/c1-3-4-5-9-18-10-6-11-20(18)22-16-7-8-17-12-14-19(21-2)15-13-17/h7-8,12-15,18,20H,3-6,9-11,16H2,1-2H3/b8-7+.